The zero-order valence-corrected chi connectivity index (χ0v) is 15.1. The van der Waals surface area contributed by atoms with Gasteiger partial charge in [-0.3, -0.25) is 4.79 Å². The Morgan fingerprint density at radius 3 is 2.73 bits per heavy atom. The van der Waals surface area contributed by atoms with E-state index in [1.165, 1.54) is 0 Å². The maximum Gasteiger partial charge on any atom is 0.245 e. The second-order valence-electron chi connectivity index (χ2n) is 6.62. The van der Waals surface area contributed by atoms with E-state index in [9.17, 15) is 9.90 Å². The van der Waals surface area contributed by atoms with Gasteiger partial charge in [0.2, 0.25) is 5.91 Å². The van der Waals surface area contributed by atoms with Gasteiger partial charge < -0.3 is 20.1 Å². The molecule has 0 spiro atoms. The van der Waals surface area contributed by atoms with Crippen molar-refractivity contribution in [1.82, 2.24) is 14.9 Å². The molecule has 2 aromatic rings. The van der Waals surface area contributed by atoms with Crippen molar-refractivity contribution >= 4 is 11.7 Å². The van der Waals surface area contributed by atoms with E-state index < -0.39 is 0 Å². The number of nitrogens with one attached hydrogen (secondary N) is 1. The van der Waals surface area contributed by atoms with Crippen molar-refractivity contribution in [2.24, 2.45) is 5.92 Å². The Balaban J connectivity index is 1.79. The Labute approximate surface area is 153 Å². The van der Waals surface area contributed by atoms with E-state index in [-0.39, 0.29) is 23.6 Å². The van der Waals surface area contributed by atoms with E-state index in [0.717, 1.165) is 0 Å². The number of aromatic nitrogens is 2. The van der Waals surface area contributed by atoms with Crippen molar-refractivity contribution in [3.05, 3.63) is 36.5 Å². The number of hydrogen-bond acceptors (Lipinski definition) is 6. The fraction of sp³-hybridized carbons (Fsp3) is 0.421. The molecule has 0 radical (unpaired) electrons. The van der Waals surface area contributed by atoms with Gasteiger partial charge in [-0.25, -0.2) is 9.97 Å². The second kappa shape index (κ2) is 8.14. The molecular weight excluding hydrogens is 332 g/mol. The molecule has 0 saturated carbocycles. The topological polar surface area (TPSA) is 87.6 Å². The Bertz CT molecular complexity index is 760. The summed E-state index contributed by atoms with van der Waals surface area (Å²) in [4.78, 5) is 23.5. The van der Waals surface area contributed by atoms with E-state index in [0.29, 0.717) is 43.5 Å². The van der Waals surface area contributed by atoms with Crippen LogP contribution in [0.15, 0.2) is 36.5 Å². The monoisotopic (exact) mass is 356 g/mol. The number of phenols is 1. The largest absolute Gasteiger partial charge is 0.508 e. The first-order valence-electron chi connectivity index (χ1n) is 8.80. The molecule has 2 N–H and O–H groups in total. The maximum absolute atomic E-state index is 12.9. The Morgan fingerprint density at radius 1 is 1.27 bits per heavy atom. The van der Waals surface area contributed by atoms with Gasteiger partial charge in [0.25, 0.3) is 0 Å². The Kier molecular flexibility index (Phi) is 5.68. The number of rotatable bonds is 5. The molecule has 1 aliphatic rings. The highest BCUT2D eigenvalue weighted by Crippen LogP contribution is 2.21. The smallest absolute Gasteiger partial charge is 0.245 e. The maximum atomic E-state index is 12.9. The Morgan fingerprint density at radius 2 is 2.04 bits per heavy atom. The van der Waals surface area contributed by atoms with E-state index in [2.05, 4.69) is 15.3 Å². The number of nitrogens with zero attached hydrogens (tertiary/aromatic N) is 3. The molecule has 0 bridgehead atoms. The third-order valence-corrected chi connectivity index (χ3v) is 4.32. The third kappa shape index (κ3) is 4.29. The van der Waals surface area contributed by atoms with Crippen molar-refractivity contribution in [3.63, 3.8) is 0 Å². The molecule has 2 heterocycles. The van der Waals surface area contributed by atoms with Crippen LogP contribution in [0, 0.1) is 5.92 Å². The van der Waals surface area contributed by atoms with Gasteiger partial charge in [-0.1, -0.05) is 26.0 Å². The summed E-state index contributed by atoms with van der Waals surface area (Å²) in [6.07, 6.45) is 1.64. The predicted octanol–water partition coefficient (Wildman–Crippen LogP) is 2.14. The average Bonchev–Trinajstić information content (AvgIpc) is 2.66. The van der Waals surface area contributed by atoms with Crippen molar-refractivity contribution in [2.45, 2.75) is 19.9 Å². The van der Waals surface area contributed by atoms with Gasteiger partial charge in [-0.15, -0.1) is 0 Å². The van der Waals surface area contributed by atoms with E-state index in [1.807, 2.05) is 24.8 Å². The summed E-state index contributed by atoms with van der Waals surface area (Å²) in [5.41, 5.74) is 0.717. The summed E-state index contributed by atoms with van der Waals surface area (Å²) < 4.78 is 5.33. The molecule has 0 aliphatic carbocycles. The first-order chi connectivity index (χ1) is 12.5. The van der Waals surface area contributed by atoms with Crippen LogP contribution >= 0.6 is 0 Å². The average molecular weight is 356 g/mol. The molecular formula is C19H24N4O3. The number of ether oxygens (including phenoxy) is 1. The van der Waals surface area contributed by atoms with Crippen LogP contribution in [-0.2, 0) is 9.53 Å². The third-order valence-electron chi connectivity index (χ3n) is 4.32. The molecule has 1 saturated heterocycles. The van der Waals surface area contributed by atoms with Gasteiger partial charge in [0.05, 0.1) is 13.2 Å². The number of hydrogen-bond donors (Lipinski definition) is 2. The molecule has 7 heteroatoms. The SMILES string of the molecule is CC(C)C(Nc1ccnc(-c2cccc(O)c2)n1)C(=O)N1CCOCC1. The van der Waals surface area contributed by atoms with Crippen LogP contribution in [-0.4, -0.2) is 58.2 Å². The van der Waals surface area contributed by atoms with Gasteiger partial charge in [-0.05, 0) is 24.1 Å². The van der Waals surface area contributed by atoms with Crippen molar-refractivity contribution < 1.29 is 14.6 Å². The van der Waals surface area contributed by atoms with Crippen LogP contribution < -0.4 is 5.32 Å². The van der Waals surface area contributed by atoms with Gasteiger partial charge in [0.1, 0.15) is 17.6 Å². The quantitative estimate of drug-likeness (QED) is 0.853. The predicted molar refractivity (Wildman–Crippen MR) is 98.8 cm³/mol. The minimum Gasteiger partial charge on any atom is -0.508 e. The molecule has 26 heavy (non-hydrogen) atoms. The number of anilines is 1. The lowest BCUT2D eigenvalue weighted by Gasteiger charge is -2.32. The van der Waals surface area contributed by atoms with Gasteiger partial charge in [0.15, 0.2) is 5.82 Å². The van der Waals surface area contributed by atoms with E-state index in [4.69, 9.17) is 4.74 Å². The molecule has 3 rings (SSSR count). The minimum absolute atomic E-state index is 0.0563. The summed E-state index contributed by atoms with van der Waals surface area (Å²) in [6, 6.07) is 8.15. The number of aromatic hydroxyl groups is 1. The first-order valence-corrected chi connectivity index (χ1v) is 8.80. The zero-order chi connectivity index (χ0) is 18.5. The van der Waals surface area contributed by atoms with Gasteiger partial charge >= 0.3 is 0 Å². The number of carbonyl (C=O) groups excluding carboxylic acids is 1. The summed E-state index contributed by atoms with van der Waals surface area (Å²) in [6.45, 7) is 6.39. The number of benzene rings is 1. The van der Waals surface area contributed by atoms with Crippen LogP contribution in [0.2, 0.25) is 0 Å². The fourth-order valence-corrected chi connectivity index (χ4v) is 2.88. The second-order valence-corrected chi connectivity index (χ2v) is 6.62. The summed E-state index contributed by atoms with van der Waals surface area (Å²) in [5.74, 6) is 1.39. The highest BCUT2D eigenvalue weighted by Gasteiger charge is 2.28. The zero-order valence-electron chi connectivity index (χ0n) is 15.1. The van der Waals surface area contributed by atoms with Crippen molar-refractivity contribution in [1.29, 1.82) is 0 Å². The van der Waals surface area contributed by atoms with Crippen LogP contribution in [0.3, 0.4) is 0 Å². The lowest BCUT2D eigenvalue weighted by molar-refractivity contribution is -0.137. The highest BCUT2D eigenvalue weighted by molar-refractivity contribution is 5.85. The van der Waals surface area contributed by atoms with Crippen molar-refractivity contribution in [3.8, 4) is 17.1 Å². The number of carbonyl (C=O) groups is 1. The highest BCUT2D eigenvalue weighted by atomic mass is 16.5. The van der Waals surface area contributed by atoms with Crippen molar-refractivity contribution in [2.75, 3.05) is 31.6 Å². The molecule has 1 unspecified atom stereocenters. The summed E-state index contributed by atoms with van der Waals surface area (Å²) in [7, 11) is 0. The normalized spacial score (nSPS) is 15.7. The molecule has 1 aromatic carbocycles. The lowest BCUT2D eigenvalue weighted by atomic mass is 10.0. The van der Waals surface area contributed by atoms with Crippen LogP contribution in [0.25, 0.3) is 11.4 Å². The van der Waals surface area contributed by atoms with Gasteiger partial charge in [0, 0.05) is 24.8 Å². The van der Waals surface area contributed by atoms with Gasteiger partial charge in [-0.2, -0.15) is 0 Å². The summed E-state index contributed by atoms with van der Waals surface area (Å²) in [5, 5.41) is 12.9. The summed E-state index contributed by atoms with van der Waals surface area (Å²) >= 11 is 0. The first kappa shape index (κ1) is 18.1. The van der Waals surface area contributed by atoms with E-state index >= 15 is 0 Å². The molecule has 1 amide bonds. The molecule has 1 atom stereocenters. The molecule has 1 aromatic heterocycles. The van der Waals surface area contributed by atoms with Crippen LogP contribution in [0.5, 0.6) is 5.75 Å². The number of amides is 1. The van der Waals surface area contributed by atoms with Crippen LogP contribution in [0.4, 0.5) is 5.82 Å². The Hall–Kier alpha value is -2.67. The number of phenolic OH excluding ortho intramolecular Hbond substituents is 1. The molecule has 1 aliphatic heterocycles. The molecule has 1 fully saturated rings. The van der Waals surface area contributed by atoms with Crippen LogP contribution in [0.1, 0.15) is 13.8 Å². The standard InChI is InChI=1S/C19H24N4O3/c1-13(2)17(19(25)23-8-10-26-11-9-23)21-16-6-7-20-18(22-16)14-4-3-5-15(24)12-14/h3-7,12-13,17,24H,8-11H2,1-2H3,(H,20,21,22). The number of morpholine rings is 1. The molecule has 7 nitrogen and oxygen atoms in total. The minimum atomic E-state index is -0.375. The lowest BCUT2D eigenvalue weighted by Crippen LogP contribution is -2.49. The van der Waals surface area contributed by atoms with E-state index in [1.54, 1.807) is 30.5 Å². The fourth-order valence-electron chi connectivity index (χ4n) is 2.88. The molecule has 138 valence electrons.